The van der Waals surface area contributed by atoms with Crippen LogP contribution in [0.3, 0.4) is 0 Å². The summed E-state index contributed by atoms with van der Waals surface area (Å²) in [5.74, 6) is -0.607. The molecule has 19 heavy (non-hydrogen) atoms. The Kier molecular flexibility index (Phi) is 5.90. The molecule has 2 atom stereocenters. The van der Waals surface area contributed by atoms with Crippen LogP contribution < -0.4 is 5.73 Å². The largest absolute Gasteiger partial charge is 0.463 e. The Bertz CT molecular complexity index is 452. The first-order chi connectivity index (χ1) is 8.99. The summed E-state index contributed by atoms with van der Waals surface area (Å²) in [6.45, 7) is 5.66. The van der Waals surface area contributed by atoms with Gasteiger partial charge in [0.2, 0.25) is 0 Å². The molecule has 2 unspecified atom stereocenters. The van der Waals surface area contributed by atoms with E-state index in [1.807, 2.05) is 37.3 Å². The molecule has 0 aliphatic rings. The summed E-state index contributed by atoms with van der Waals surface area (Å²) in [5, 5.41) is -0.320. The zero-order chi connectivity index (χ0) is 14.4. The van der Waals surface area contributed by atoms with Crippen LogP contribution in [-0.2, 0) is 9.53 Å². The first kappa shape index (κ1) is 15.6. The summed E-state index contributed by atoms with van der Waals surface area (Å²) < 4.78 is 5.04. The van der Waals surface area contributed by atoms with Crippen LogP contribution in [0.1, 0.15) is 31.7 Å². The number of alkyl halides is 1. The van der Waals surface area contributed by atoms with Crippen molar-refractivity contribution in [3.05, 3.63) is 47.2 Å². The first-order valence-corrected chi connectivity index (χ1v) is 6.75. The maximum absolute atomic E-state index is 11.9. The van der Waals surface area contributed by atoms with Crippen molar-refractivity contribution in [1.82, 2.24) is 0 Å². The molecule has 4 heteroatoms. The number of carbonyl (C=O) groups is 1. The number of esters is 1. The molecule has 0 aliphatic heterocycles. The van der Waals surface area contributed by atoms with Crippen molar-refractivity contribution >= 4 is 17.6 Å². The Morgan fingerprint density at radius 2 is 1.95 bits per heavy atom. The molecule has 0 heterocycles. The van der Waals surface area contributed by atoms with E-state index in [4.69, 9.17) is 22.1 Å². The number of rotatable bonds is 5. The van der Waals surface area contributed by atoms with Crippen LogP contribution in [-0.4, -0.2) is 12.6 Å². The molecule has 1 aromatic rings. The lowest BCUT2D eigenvalue weighted by atomic mass is 9.91. The predicted molar refractivity (Wildman–Crippen MR) is 77.7 cm³/mol. The van der Waals surface area contributed by atoms with Crippen molar-refractivity contribution in [2.75, 3.05) is 6.61 Å². The van der Waals surface area contributed by atoms with E-state index < -0.39 is 5.97 Å². The van der Waals surface area contributed by atoms with Gasteiger partial charge in [-0.25, -0.2) is 4.79 Å². The summed E-state index contributed by atoms with van der Waals surface area (Å²) in [6, 6.07) is 9.63. The lowest BCUT2D eigenvalue weighted by molar-refractivity contribution is -0.139. The molecule has 0 bridgehead atoms. The average Bonchev–Trinajstić information content (AvgIpc) is 2.38. The number of allylic oxidation sites excluding steroid dienone is 1. The molecule has 0 spiro atoms. The summed E-state index contributed by atoms with van der Waals surface area (Å²) in [7, 11) is 0. The average molecular weight is 282 g/mol. The molecule has 0 aliphatic carbocycles. The smallest absolute Gasteiger partial charge is 0.336 e. The van der Waals surface area contributed by atoms with Gasteiger partial charge in [-0.2, -0.15) is 0 Å². The van der Waals surface area contributed by atoms with E-state index >= 15 is 0 Å². The van der Waals surface area contributed by atoms with Crippen LogP contribution in [0.25, 0.3) is 0 Å². The monoisotopic (exact) mass is 281 g/mol. The predicted octanol–water partition coefficient (Wildman–Crippen LogP) is 3.40. The fraction of sp³-hybridized carbons (Fsp3) is 0.400. The molecular formula is C15H20ClNO2. The van der Waals surface area contributed by atoms with Gasteiger partial charge >= 0.3 is 5.97 Å². The Labute approximate surface area is 119 Å². The minimum atomic E-state index is -0.392. The molecule has 2 N–H and O–H groups in total. The number of ether oxygens (including phenoxy) is 1. The third-order valence-corrected chi connectivity index (χ3v) is 3.56. The second-order valence-corrected chi connectivity index (χ2v) is 4.89. The van der Waals surface area contributed by atoms with Gasteiger partial charge in [0.05, 0.1) is 17.6 Å². The Morgan fingerprint density at radius 3 is 2.42 bits per heavy atom. The van der Waals surface area contributed by atoms with E-state index in [-0.39, 0.29) is 11.3 Å². The highest BCUT2D eigenvalue weighted by Gasteiger charge is 2.27. The number of hydrogen-bond acceptors (Lipinski definition) is 3. The molecule has 0 amide bonds. The summed E-state index contributed by atoms with van der Waals surface area (Å²) >= 11 is 6.44. The zero-order valence-corrected chi connectivity index (χ0v) is 12.3. The van der Waals surface area contributed by atoms with Gasteiger partial charge in [0.15, 0.2) is 0 Å². The van der Waals surface area contributed by atoms with Crippen molar-refractivity contribution in [3.63, 3.8) is 0 Å². The second kappa shape index (κ2) is 7.19. The summed E-state index contributed by atoms with van der Waals surface area (Å²) in [5.41, 5.74) is 7.66. The molecule has 0 saturated carbocycles. The zero-order valence-electron chi connectivity index (χ0n) is 11.5. The Morgan fingerprint density at radius 1 is 1.37 bits per heavy atom. The molecular weight excluding hydrogens is 262 g/mol. The number of halogens is 1. The highest BCUT2D eigenvalue weighted by atomic mass is 35.5. The number of carbonyl (C=O) groups excluding carboxylic acids is 1. The molecule has 0 radical (unpaired) electrons. The van der Waals surface area contributed by atoms with Gasteiger partial charge in [-0.15, -0.1) is 11.6 Å². The Hall–Kier alpha value is -1.48. The van der Waals surface area contributed by atoms with Crippen molar-refractivity contribution in [2.45, 2.75) is 26.1 Å². The number of hydrogen-bond donors (Lipinski definition) is 1. The van der Waals surface area contributed by atoms with Crippen LogP contribution in [0.2, 0.25) is 0 Å². The van der Waals surface area contributed by atoms with Gasteiger partial charge in [0.1, 0.15) is 0 Å². The minimum absolute atomic E-state index is 0.215. The normalized spacial score (nSPS) is 15.4. The fourth-order valence-corrected chi connectivity index (χ4v) is 2.26. The third-order valence-electron chi connectivity index (χ3n) is 2.93. The van der Waals surface area contributed by atoms with Gasteiger partial charge < -0.3 is 10.5 Å². The van der Waals surface area contributed by atoms with Gasteiger partial charge in [-0.3, -0.25) is 0 Å². The van der Waals surface area contributed by atoms with Crippen LogP contribution in [0.5, 0.6) is 0 Å². The summed E-state index contributed by atoms with van der Waals surface area (Å²) in [4.78, 5) is 11.9. The maximum atomic E-state index is 11.9. The molecule has 0 aromatic heterocycles. The lowest BCUT2D eigenvalue weighted by Gasteiger charge is -2.21. The first-order valence-electron chi connectivity index (χ1n) is 6.31. The summed E-state index contributed by atoms with van der Waals surface area (Å²) in [6.07, 6.45) is 0. The van der Waals surface area contributed by atoms with Crippen LogP contribution >= 0.6 is 11.6 Å². The van der Waals surface area contributed by atoms with E-state index in [1.165, 1.54) is 0 Å². The fourth-order valence-electron chi connectivity index (χ4n) is 1.99. The highest BCUT2D eigenvalue weighted by Crippen LogP contribution is 2.34. The molecule has 0 fully saturated rings. The molecule has 1 rings (SSSR count). The van der Waals surface area contributed by atoms with E-state index in [2.05, 4.69) is 0 Å². The molecule has 0 saturated heterocycles. The second-order valence-electron chi connectivity index (χ2n) is 4.42. The van der Waals surface area contributed by atoms with Crippen LogP contribution in [0.15, 0.2) is 41.6 Å². The minimum Gasteiger partial charge on any atom is -0.463 e. The topological polar surface area (TPSA) is 52.3 Å². The quantitative estimate of drug-likeness (QED) is 0.511. The molecule has 3 nitrogen and oxygen atoms in total. The van der Waals surface area contributed by atoms with Crippen molar-refractivity contribution in [1.29, 1.82) is 0 Å². The number of nitrogens with two attached hydrogens (primary N) is 1. The van der Waals surface area contributed by atoms with Gasteiger partial charge in [0, 0.05) is 11.6 Å². The molecule has 1 aromatic carbocycles. The van der Waals surface area contributed by atoms with Gasteiger partial charge in [0.25, 0.3) is 0 Å². The van der Waals surface area contributed by atoms with Crippen molar-refractivity contribution in [2.24, 2.45) is 11.7 Å². The van der Waals surface area contributed by atoms with Gasteiger partial charge in [-0.1, -0.05) is 37.3 Å². The number of benzene rings is 1. The third kappa shape index (κ3) is 4.00. The van der Waals surface area contributed by atoms with Gasteiger partial charge in [-0.05, 0) is 19.4 Å². The molecule has 104 valence electrons. The lowest BCUT2D eigenvalue weighted by Crippen LogP contribution is -2.21. The Balaban J connectivity index is 2.99. The van der Waals surface area contributed by atoms with Crippen LogP contribution in [0, 0.1) is 5.92 Å². The van der Waals surface area contributed by atoms with Crippen molar-refractivity contribution < 1.29 is 9.53 Å². The van der Waals surface area contributed by atoms with E-state index in [9.17, 15) is 4.79 Å². The van der Waals surface area contributed by atoms with Crippen LogP contribution in [0.4, 0.5) is 0 Å². The van der Waals surface area contributed by atoms with Crippen molar-refractivity contribution in [3.8, 4) is 0 Å². The van der Waals surface area contributed by atoms with E-state index in [1.54, 1.807) is 13.8 Å². The standard InChI is InChI=1S/C15H20ClNO2/c1-4-19-15(18)13(11(3)17)10(2)14(16)12-8-6-5-7-9-12/h5-10,14H,4,17H2,1-3H3. The SMILES string of the molecule is CCOC(=O)C(=C(C)N)C(C)C(Cl)c1ccccc1. The highest BCUT2D eigenvalue weighted by molar-refractivity contribution is 6.21. The van der Waals surface area contributed by atoms with E-state index in [0.29, 0.717) is 17.9 Å². The maximum Gasteiger partial charge on any atom is 0.336 e. The van der Waals surface area contributed by atoms with E-state index in [0.717, 1.165) is 5.56 Å².